The van der Waals surface area contributed by atoms with Crippen molar-refractivity contribution in [2.24, 2.45) is 5.10 Å². The lowest BCUT2D eigenvalue weighted by molar-refractivity contribution is 0.0694. The molecule has 4 heterocycles. The first kappa shape index (κ1) is 35.8. The van der Waals surface area contributed by atoms with Gasteiger partial charge in [0.2, 0.25) is 5.43 Å². The van der Waals surface area contributed by atoms with Crippen molar-refractivity contribution >= 4 is 41.0 Å². The lowest BCUT2D eigenvalue weighted by Crippen LogP contribution is -2.47. The summed E-state index contributed by atoms with van der Waals surface area (Å²) in [5.74, 6) is -0.993. The maximum Gasteiger partial charge on any atom is 0.367 e. The average molecular weight is 765 g/mol. The van der Waals surface area contributed by atoms with Crippen LogP contribution in [0.25, 0.3) is 10.9 Å². The van der Waals surface area contributed by atoms with Gasteiger partial charge in [0.1, 0.15) is 23.7 Å². The molecule has 3 aromatic heterocycles. The number of piperazine rings is 1. The number of nitrogens with zero attached hydrogens (tertiary/aromatic N) is 10. The highest BCUT2D eigenvalue weighted by Gasteiger charge is 2.29. The third-order valence-corrected chi connectivity index (χ3v) is 10.4. The Hall–Kier alpha value is -6.20. The first-order valence-electron chi connectivity index (χ1n) is 17.8. The van der Waals surface area contributed by atoms with Crippen LogP contribution in [0.5, 0.6) is 5.75 Å². The Morgan fingerprint density at radius 1 is 0.982 bits per heavy atom. The van der Waals surface area contributed by atoms with E-state index in [9.17, 15) is 24.6 Å². The smallest absolute Gasteiger partial charge is 0.367 e. The molecule has 15 nitrogen and oxygen atoms in total. The maximum absolute atomic E-state index is 15.6. The summed E-state index contributed by atoms with van der Waals surface area (Å²) in [6, 6.07) is 19.4. The van der Waals surface area contributed by atoms with Crippen molar-refractivity contribution < 1.29 is 19.4 Å². The van der Waals surface area contributed by atoms with E-state index in [1.165, 1.54) is 29.2 Å². The van der Waals surface area contributed by atoms with E-state index in [0.29, 0.717) is 72.6 Å². The van der Waals surface area contributed by atoms with E-state index < -0.39 is 22.9 Å². The number of carbonyl (C=O) groups is 1. The van der Waals surface area contributed by atoms with Crippen molar-refractivity contribution in [2.45, 2.75) is 45.6 Å². The molecule has 8 rings (SSSR count). The Morgan fingerprint density at radius 3 is 2.42 bits per heavy atom. The van der Waals surface area contributed by atoms with Gasteiger partial charge in [0, 0.05) is 49.4 Å². The second-order valence-corrected chi connectivity index (χ2v) is 14.1. The van der Waals surface area contributed by atoms with Gasteiger partial charge < -0.3 is 19.7 Å². The standard InChI is InChI=1S/C38H37FN10O5S/c1-24-41-47(37(54)49(24)40-19-26-9-5-6-10-33(26)50)22-34-42-48(38(55)46(34)20-25-7-3-2-4-8-25)23-43-13-15-44(16-14-43)32-18-31-28(17-30(32)39)35(51)29(36(52)53)21-45(31)27-11-12-27/h2-10,17-19,21,27,50H,11-16,20,22-23H2,1H3,(H,52,53)/b40-19+. The van der Waals surface area contributed by atoms with Crippen LogP contribution in [0.15, 0.2) is 87.6 Å². The van der Waals surface area contributed by atoms with E-state index in [-0.39, 0.29) is 29.3 Å². The number of fused-ring (bicyclic) bond motifs is 1. The van der Waals surface area contributed by atoms with E-state index in [2.05, 4.69) is 15.1 Å². The van der Waals surface area contributed by atoms with Gasteiger partial charge in [0.05, 0.1) is 30.6 Å². The number of aromatic carboxylic acids is 1. The van der Waals surface area contributed by atoms with Gasteiger partial charge in [0.15, 0.2) is 16.4 Å². The molecule has 0 bridgehead atoms. The highest BCUT2D eigenvalue weighted by atomic mass is 32.1. The zero-order valence-corrected chi connectivity index (χ0v) is 30.6. The maximum atomic E-state index is 15.6. The number of aromatic hydroxyl groups is 1. The molecule has 2 fully saturated rings. The number of hydrogen-bond acceptors (Lipinski definition) is 10. The largest absolute Gasteiger partial charge is 0.507 e. The molecule has 0 amide bonds. The fourth-order valence-corrected chi connectivity index (χ4v) is 7.21. The molecule has 1 aliphatic carbocycles. The summed E-state index contributed by atoms with van der Waals surface area (Å²) in [7, 11) is 0. The number of halogens is 1. The number of pyridine rings is 1. The highest BCUT2D eigenvalue weighted by Crippen LogP contribution is 2.38. The number of aromatic nitrogens is 7. The number of aryl methyl sites for hydroxylation is 1. The molecule has 55 heavy (non-hydrogen) atoms. The van der Waals surface area contributed by atoms with Gasteiger partial charge in [-0.25, -0.2) is 23.3 Å². The predicted octanol–water partition coefficient (Wildman–Crippen LogP) is 4.03. The molecule has 0 atom stereocenters. The minimum absolute atomic E-state index is 0.0250. The Labute approximate surface area is 318 Å². The Morgan fingerprint density at radius 2 is 1.71 bits per heavy atom. The third-order valence-electron chi connectivity index (χ3n) is 10.0. The fraction of sp³-hybridized carbons (Fsp3) is 0.289. The Bertz CT molecular complexity index is 2650. The van der Waals surface area contributed by atoms with E-state index >= 15 is 4.39 Å². The Kier molecular flexibility index (Phi) is 9.48. The molecule has 2 aliphatic rings. The molecule has 17 heteroatoms. The molecule has 0 spiro atoms. The fourth-order valence-electron chi connectivity index (χ4n) is 6.94. The van der Waals surface area contributed by atoms with Gasteiger partial charge in [-0.2, -0.15) is 20.0 Å². The molecule has 1 aliphatic heterocycles. The number of carboxylic acids is 1. The van der Waals surface area contributed by atoms with Crippen molar-refractivity contribution in [2.75, 3.05) is 31.1 Å². The van der Waals surface area contributed by atoms with Crippen molar-refractivity contribution in [1.82, 2.24) is 38.3 Å². The van der Waals surface area contributed by atoms with Crippen molar-refractivity contribution in [3.63, 3.8) is 0 Å². The van der Waals surface area contributed by atoms with E-state index in [1.807, 2.05) is 39.8 Å². The van der Waals surface area contributed by atoms with Gasteiger partial charge in [0.25, 0.3) is 0 Å². The number of phenols is 1. The van der Waals surface area contributed by atoms with Gasteiger partial charge in [-0.3, -0.25) is 14.3 Å². The summed E-state index contributed by atoms with van der Waals surface area (Å²) in [6.07, 6.45) is 4.51. The van der Waals surface area contributed by atoms with Gasteiger partial charge in [-0.15, -0.1) is 0 Å². The highest BCUT2D eigenvalue weighted by molar-refractivity contribution is 7.71. The molecule has 3 aromatic carbocycles. The normalized spacial score (nSPS) is 15.1. The molecular formula is C38H37FN10O5S. The quantitative estimate of drug-likeness (QED) is 0.146. The predicted molar refractivity (Wildman–Crippen MR) is 205 cm³/mol. The van der Waals surface area contributed by atoms with Crippen LogP contribution in [-0.4, -0.2) is 86.8 Å². The minimum atomic E-state index is -1.33. The van der Waals surface area contributed by atoms with Gasteiger partial charge >= 0.3 is 11.7 Å². The van der Waals surface area contributed by atoms with Crippen LogP contribution < -0.4 is 16.0 Å². The molecule has 1 saturated heterocycles. The first-order valence-corrected chi connectivity index (χ1v) is 18.2. The monoisotopic (exact) mass is 764 g/mol. The second kappa shape index (κ2) is 14.6. The first-order chi connectivity index (χ1) is 26.5. The summed E-state index contributed by atoms with van der Waals surface area (Å²) in [4.78, 5) is 42.3. The lowest BCUT2D eigenvalue weighted by atomic mass is 10.1. The summed E-state index contributed by atoms with van der Waals surface area (Å²) in [6.45, 7) is 4.56. The number of anilines is 1. The number of benzene rings is 3. The van der Waals surface area contributed by atoms with E-state index in [4.69, 9.17) is 17.3 Å². The molecule has 0 radical (unpaired) electrons. The van der Waals surface area contributed by atoms with E-state index in [0.717, 1.165) is 23.1 Å². The number of carboxylic acid groups (broad SMARTS) is 1. The van der Waals surface area contributed by atoms with Crippen molar-refractivity contribution in [3.05, 3.63) is 133 Å². The topological polar surface area (TPSA) is 161 Å². The molecule has 1 saturated carbocycles. The van der Waals surface area contributed by atoms with Crippen LogP contribution in [0.3, 0.4) is 0 Å². The average Bonchev–Trinajstić information content (AvgIpc) is 3.94. The third kappa shape index (κ3) is 7.10. The van der Waals surface area contributed by atoms with Crippen molar-refractivity contribution in [1.29, 1.82) is 0 Å². The summed E-state index contributed by atoms with van der Waals surface area (Å²) in [5.41, 5.74) is 0.808. The zero-order valence-electron chi connectivity index (χ0n) is 29.8. The molecular weight excluding hydrogens is 728 g/mol. The van der Waals surface area contributed by atoms with Gasteiger partial charge in [-0.05, 0) is 61.8 Å². The van der Waals surface area contributed by atoms with Crippen LogP contribution in [0.4, 0.5) is 10.1 Å². The van der Waals surface area contributed by atoms with Crippen LogP contribution in [0.1, 0.15) is 52.0 Å². The number of para-hydroxylation sites is 1. The molecule has 6 aromatic rings. The summed E-state index contributed by atoms with van der Waals surface area (Å²) >= 11 is 5.96. The van der Waals surface area contributed by atoms with Gasteiger partial charge in [-0.1, -0.05) is 42.5 Å². The number of hydrogen-bond donors (Lipinski definition) is 2. The summed E-state index contributed by atoms with van der Waals surface area (Å²) < 4.78 is 23.9. The SMILES string of the molecule is Cc1nn(Cc2nn(CN3CCN(c4cc5c(cc4F)c(=O)c(C(=O)O)cn5C4CC4)CC3)c(=S)n2Cc2ccccc2)c(=O)n1/N=C/c1ccccc1O. The van der Waals surface area contributed by atoms with Crippen molar-refractivity contribution in [3.8, 4) is 5.75 Å². The van der Waals surface area contributed by atoms with Crippen LogP contribution in [0, 0.1) is 17.5 Å². The van der Waals surface area contributed by atoms with E-state index in [1.54, 1.807) is 40.4 Å². The van der Waals surface area contributed by atoms with Crippen LogP contribution in [-0.2, 0) is 19.8 Å². The molecule has 2 N–H and O–H groups in total. The number of rotatable bonds is 11. The summed E-state index contributed by atoms with van der Waals surface area (Å²) in [5, 5.41) is 33.4. The Balaban J connectivity index is 1.03. The molecule has 0 unspecified atom stereocenters. The van der Waals surface area contributed by atoms with Crippen LogP contribution >= 0.6 is 12.2 Å². The number of phenolic OH excluding ortho intramolecular Hbond substituents is 1. The van der Waals surface area contributed by atoms with Crippen LogP contribution in [0.2, 0.25) is 0 Å². The zero-order chi connectivity index (χ0) is 38.4. The molecule has 282 valence electrons. The second-order valence-electron chi connectivity index (χ2n) is 13.8. The minimum Gasteiger partial charge on any atom is -0.507 e. The lowest BCUT2D eigenvalue weighted by Gasteiger charge is -2.36.